The summed E-state index contributed by atoms with van der Waals surface area (Å²) >= 11 is 0. The summed E-state index contributed by atoms with van der Waals surface area (Å²) < 4.78 is 5.21. The normalized spacial score (nSPS) is 18.4. The smallest absolute Gasteiger partial charge is 0.289 e. The minimum Gasteiger partial charge on any atom is -0.459 e. The largest absolute Gasteiger partial charge is 0.459 e. The second kappa shape index (κ2) is 11.4. The van der Waals surface area contributed by atoms with Gasteiger partial charge in [-0.3, -0.25) is 19.5 Å². The summed E-state index contributed by atoms with van der Waals surface area (Å²) in [4.78, 5) is 36.4. The highest BCUT2D eigenvalue weighted by Gasteiger charge is 2.25. The van der Waals surface area contributed by atoms with Crippen molar-refractivity contribution in [3.8, 4) is 0 Å². The molecule has 0 spiro atoms. The van der Waals surface area contributed by atoms with Crippen LogP contribution in [0.5, 0.6) is 0 Å². The number of nitrogens with one attached hydrogen (secondary N) is 1. The number of aliphatic imine (C=N–C) groups is 1. The first-order valence-corrected chi connectivity index (χ1v) is 9.84. The predicted octanol–water partition coefficient (Wildman–Crippen LogP) is 0.395. The molecule has 0 aromatic carbocycles. The van der Waals surface area contributed by atoms with Crippen LogP contribution in [0.1, 0.15) is 17.5 Å². The lowest BCUT2D eigenvalue weighted by atomic mass is 10.3. The van der Waals surface area contributed by atoms with Crippen molar-refractivity contribution in [1.82, 2.24) is 24.9 Å². The van der Waals surface area contributed by atoms with Gasteiger partial charge in [-0.1, -0.05) is 0 Å². The van der Waals surface area contributed by atoms with E-state index < -0.39 is 0 Å². The van der Waals surface area contributed by atoms with Crippen molar-refractivity contribution >= 4 is 41.8 Å². The molecule has 1 N–H and O–H groups in total. The number of furan rings is 1. The van der Waals surface area contributed by atoms with E-state index in [4.69, 9.17) is 4.42 Å². The molecule has 1 aromatic rings. The van der Waals surface area contributed by atoms with Gasteiger partial charge in [-0.25, -0.2) is 0 Å². The van der Waals surface area contributed by atoms with Crippen molar-refractivity contribution in [3.05, 3.63) is 24.2 Å². The number of hydrogen-bond acceptors (Lipinski definition) is 5. The fourth-order valence-electron chi connectivity index (χ4n) is 3.62. The number of piperazine rings is 2. The van der Waals surface area contributed by atoms with E-state index in [9.17, 15) is 9.59 Å². The van der Waals surface area contributed by atoms with Crippen LogP contribution in [0.3, 0.4) is 0 Å². The van der Waals surface area contributed by atoms with Gasteiger partial charge in [-0.15, -0.1) is 24.0 Å². The summed E-state index contributed by atoms with van der Waals surface area (Å²) in [5.41, 5.74) is 0. The van der Waals surface area contributed by atoms with Crippen LogP contribution in [0.15, 0.2) is 27.8 Å². The third kappa shape index (κ3) is 6.33. The van der Waals surface area contributed by atoms with E-state index in [1.54, 1.807) is 26.1 Å². The van der Waals surface area contributed by atoms with Crippen LogP contribution >= 0.6 is 24.0 Å². The zero-order valence-electron chi connectivity index (χ0n) is 17.2. The molecule has 29 heavy (non-hydrogen) atoms. The predicted molar refractivity (Wildman–Crippen MR) is 122 cm³/mol. The Labute approximate surface area is 189 Å². The molecule has 3 heterocycles. The summed E-state index contributed by atoms with van der Waals surface area (Å²) in [7, 11) is 1.79. The molecule has 162 valence electrons. The Balaban J connectivity index is 0.00000300. The van der Waals surface area contributed by atoms with E-state index in [2.05, 4.69) is 20.1 Å². The molecular weight excluding hydrogens is 487 g/mol. The van der Waals surface area contributed by atoms with Gasteiger partial charge in [0.2, 0.25) is 5.91 Å². The summed E-state index contributed by atoms with van der Waals surface area (Å²) in [6.45, 7) is 9.54. The molecule has 2 aliphatic rings. The van der Waals surface area contributed by atoms with E-state index in [0.717, 1.165) is 58.3 Å². The molecule has 0 unspecified atom stereocenters. The molecule has 0 saturated carbocycles. The lowest BCUT2D eigenvalue weighted by molar-refractivity contribution is -0.130. The Hall–Kier alpha value is -1.82. The van der Waals surface area contributed by atoms with E-state index in [0.29, 0.717) is 18.8 Å². The molecule has 10 heteroatoms. The van der Waals surface area contributed by atoms with Crippen LogP contribution in [0.2, 0.25) is 0 Å². The number of hydrogen-bond donors (Lipinski definition) is 1. The first kappa shape index (κ1) is 23.5. The van der Waals surface area contributed by atoms with E-state index in [-0.39, 0.29) is 35.8 Å². The van der Waals surface area contributed by atoms with Gasteiger partial charge in [0.05, 0.1) is 6.26 Å². The van der Waals surface area contributed by atoms with Crippen molar-refractivity contribution in [2.45, 2.75) is 6.92 Å². The molecule has 3 rings (SSSR count). The zero-order chi connectivity index (χ0) is 19.9. The Kier molecular flexibility index (Phi) is 9.21. The summed E-state index contributed by atoms with van der Waals surface area (Å²) in [6.07, 6.45) is 1.52. The second-order valence-corrected chi connectivity index (χ2v) is 7.08. The van der Waals surface area contributed by atoms with Crippen LogP contribution < -0.4 is 5.32 Å². The lowest BCUT2D eigenvalue weighted by Crippen LogP contribution is -2.55. The first-order valence-electron chi connectivity index (χ1n) is 9.84. The van der Waals surface area contributed by atoms with Crippen molar-refractivity contribution in [2.24, 2.45) is 4.99 Å². The van der Waals surface area contributed by atoms with Crippen molar-refractivity contribution < 1.29 is 14.0 Å². The van der Waals surface area contributed by atoms with E-state index >= 15 is 0 Å². The van der Waals surface area contributed by atoms with Gasteiger partial charge in [0.15, 0.2) is 11.7 Å². The van der Waals surface area contributed by atoms with Gasteiger partial charge in [-0.05, 0) is 12.1 Å². The number of nitrogens with zero attached hydrogens (tertiary/aromatic N) is 5. The van der Waals surface area contributed by atoms with Crippen LogP contribution in [-0.2, 0) is 4.79 Å². The van der Waals surface area contributed by atoms with Crippen molar-refractivity contribution in [1.29, 1.82) is 0 Å². The highest BCUT2D eigenvalue weighted by atomic mass is 127. The number of rotatable bonds is 4. The molecule has 0 aliphatic carbocycles. The Morgan fingerprint density at radius 3 is 2.21 bits per heavy atom. The van der Waals surface area contributed by atoms with Crippen LogP contribution in [0, 0.1) is 0 Å². The summed E-state index contributed by atoms with van der Waals surface area (Å²) in [5.74, 6) is 1.36. The van der Waals surface area contributed by atoms with Gasteiger partial charge in [0, 0.05) is 79.4 Å². The van der Waals surface area contributed by atoms with Gasteiger partial charge in [0.25, 0.3) is 5.91 Å². The molecule has 2 saturated heterocycles. The fourth-order valence-corrected chi connectivity index (χ4v) is 3.62. The van der Waals surface area contributed by atoms with Crippen LogP contribution in [0.25, 0.3) is 0 Å². The zero-order valence-corrected chi connectivity index (χ0v) is 19.5. The number of carbonyl (C=O) groups excluding carboxylic acids is 2. The number of carbonyl (C=O) groups is 2. The SMILES string of the molecule is CN=C(NCCN1CCN(C(C)=O)CC1)N1CCN(C(=O)c2ccco2)CC1.I. The monoisotopic (exact) mass is 518 g/mol. The lowest BCUT2D eigenvalue weighted by Gasteiger charge is -2.37. The molecule has 0 atom stereocenters. The summed E-state index contributed by atoms with van der Waals surface area (Å²) in [6, 6.07) is 3.43. The summed E-state index contributed by atoms with van der Waals surface area (Å²) in [5, 5.41) is 3.42. The maximum atomic E-state index is 12.4. The highest BCUT2D eigenvalue weighted by molar-refractivity contribution is 14.0. The number of halogens is 1. The minimum atomic E-state index is -0.0581. The van der Waals surface area contributed by atoms with Crippen LogP contribution in [-0.4, -0.2) is 110 Å². The molecule has 1 aromatic heterocycles. The van der Waals surface area contributed by atoms with Gasteiger partial charge < -0.3 is 24.4 Å². The standard InChI is InChI=1S/C19H30N6O3.HI/c1-16(26)23-9-7-22(8-10-23)6-5-21-19(20-2)25-13-11-24(12-14-25)18(27)17-4-3-15-28-17;/h3-4,15H,5-14H2,1-2H3,(H,20,21);1H. The van der Waals surface area contributed by atoms with Gasteiger partial charge in [-0.2, -0.15) is 0 Å². The third-order valence-electron chi connectivity index (χ3n) is 5.34. The Morgan fingerprint density at radius 2 is 1.66 bits per heavy atom. The van der Waals surface area contributed by atoms with Gasteiger partial charge >= 0.3 is 0 Å². The highest BCUT2D eigenvalue weighted by Crippen LogP contribution is 2.09. The van der Waals surface area contributed by atoms with E-state index in [1.165, 1.54) is 6.26 Å². The fraction of sp³-hybridized carbons (Fsp3) is 0.632. The van der Waals surface area contributed by atoms with Crippen molar-refractivity contribution in [2.75, 3.05) is 72.5 Å². The maximum Gasteiger partial charge on any atom is 0.289 e. The number of amides is 2. The Bertz CT molecular complexity index is 680. The topological polar surface area (TPSA) is 84.6 Å². The van der Waals surface area contributed by atoms with Gasteiger partial charge in [0.1, 0.15) is 0 Å². The molecule has 9 nitrogen and oxygen atoms in total. The molecule has 0 bridgehead atoms. The molecule has 2 aliphatic heterocycles. The first-order chi connectivity index (χ1) is 13.6. The Morgan fingerprint density at radius 1 is 1.03 bits per heavy atom. The minimum absolute atomic E-state index is 0. The average Bonchev–Trinajstić information content (AvgIpc) is 3.26. The third-order valence-corrected chi connectivity index (χ3v) is 5.34. The quantitative estimate of drug-likeness (QED) is 0.353. The number of guanidine groups is 1. The van der Waals surface area contributed by atoms with Crippen LogP contribution in [0.4, 0.5) is 0 Å². The average molecular weight is 518 g/mol. The molecule has 2 fully saturated rings. The maximum absolute atomic E-state index is 12.4. The van der Waals surface area contributed by atoms with E-state index in [1.807, 2.05) is 9.80 Å². The van der Waals surface area contributed by atoms with Crippen molar-refractivity contribution in [3.63, 3.8) is 0 Å². The molecule has 0 radical (unpaired) electrons. The second-order valence-electron chi connectivity index (χ2n) is 7.08. The molecular formula is C19H31IN6O3. The molecule has 2 amide bonds.